The molecule has 0 amide bonds. The van der Waals surface area contributed by atoms with Gasteiger partial charge in [-0.3, -0.25) is 0 Å². The molecule has 1 N–H and O–H groups in total. The summed E-state index contributed by atoms with van der Waals surface area (Å²) in [4.78, 5) is 0. The van der Waals surface area contributed by atoms with Gasteiger partial charge >= 0.3 is 0 Å². The van der Waals surface area contributed by atoms with Gasteiger partial charge in [0, 0.05) is 18.1 Å². The van der Waals surface area contributed by atoms with Gasteiger partial charge in [0.25, 0.3) is 0 Å². The van der Waals surface area contributed by atoms with Gasteiger partial charge in [-0.15, -0.1) is 0 Å². The number of hydrogen-bond donors (Lipinski definition) is 1. The van der Waals surface area contributed by atoms with Gasteiger partial charge in [0.05, 0.1) is 0 Å². The molecule has 15 heavy (non-hydrogen) atoms. The number of thioether (sulfide) groups is 1. The second-order valence-corrected chi connectivity index (χ2v) is 4.49. The molecule has 0 bridgehead atoms. The van der Waals surface area contributed by atoms with E-state index in [1.165, 1.54) is 11.1 Å². The smallest absolute Gasteiger partial charge is 0.0187 e. The first-order chi connectivity index (χ1) is 7.33. The molecule has 0 atom stereocenters. The quantitative estimate of drug-likeness (QED) is 0.710. The summed E-state index contributed by atoms with van der Waals surface area (Å²) in [6, 6.07) is 10.6. The van der Waals surface area contributed by atoms with Gasteiger partial charge in [-0.2, -0.15) is 11.8 Å². The summed E-state index contributed by atoms with van der Waals surface area (Å²) in [5, 5.41) is 3.28. The van der Waals surface area contributed by atoms with Crippen molar-refractivity contribution in [3.63, 3.8) is 0 Å². The highest BCUT2D eigenvalue weighted by Crippen LogP contribution is 2.13. The van der Waals surface area contributed by atoms with E-state index in [9.17, 15) is 0 Å². The third kappa shape index (κ3) is 5.65. The predicted octanol–water partition coefficient (Wildman–Crippen LogP) is 3.09. The summed E-state index contributed by atoms with van der Waals surface area (Å²) in [5.74, 6) is 2.12. The van der Waals surface area contributed by atoms with Crippen LogP contribution in [0.5, 0.6) is 0 Å². The monoisotopic (exact) mass is 221 g/mol. The molecule has 1 rings (SSSR count). The maximum Gasteiger partial charge on any atom is 0.0187 e. The fourth-order valence-corrected chi connectivity index (χ4v) is 2.16. The molecule has 82 valence electrons. The fraction of sp³-hybridized carbons (Fsp3) is 0.385. The molecular weight excluding hydrogens is 202 g/mol. The van der Waals surface area contributed by atoms with Gasteiger partial charge in [0.2, 0.25) is 0 Å². The summed E-state index contributed by atoms with van der Waals surface area (Å²) in [7, 11) is 0. The van der Waals surface area contributed by atoms with E-state index < -0.39 is 0 Å². The Labute approximate surface area is 97.0 Å². The molecule has 0 fully saturated rings. The molecule has 0 spiro atoms. The Balaban J connectivity index is 2.14. The predicted molar refractivity (Wildman–Crippen MR) is 70.3 cm³/mol. The summed E-state index contributed by atoms with van der Waals surface area (Å²) < 4.78 is 0. The summed E-state index contributed by atoms with van der Waals surface area (Å²) in [6.45, 7) is 8.11. The topological polar surface area (TPSA) is 12.0 Å². The van der Waals surface area contributed by atoms with Crippen molar-refractivity contribution in [1.82, 2.24) is 5.32 Å². The summed E-state index contributed by atoms with van der Waals surface area (Å²) in [6.07, 6.45) is 0. The SMILES string of the molecule is C=C(CNCC)CSCc1ccccc1. The molecule has 0 saturated heterocycles. The first-order valence-electron chi connectivity index (χ1n) is 5.32. The molecule has 0 aliphatic carbocycles. The highest BCUT2D eigenvalue weighted by Gasteiger charge is 1.95. The van der Waals surface area contributed by atoms with Crippen LogP contribution in [0.25, 0.3) is 0 Å². The Morgan fingerprint density at radius 3 is 2.73 bits per heavy atom. The van der Waals surface area contributed by atoms with Crippen LogP contribution in [0, 0.1) is 0 Å². The molecular formula is C13H19NS. The average molecular weight is 221 g/mol. The fourth-order valence-electron chi connectivity index (χ4n) is 1.24. The van der Waals surface area contributed by atoms with Crippen LogP contribution in [-0.4, -0.2) is 18.8 Å². The molecule has 0 saturated carbocycles. The minimum Gasteiger partial charge on any atom is -0.313 e. The summed E-state index contributed by atoms with van der Waals surface area (Å²) >= 11 is 1.93. The first-order valence-corrected chi connectivity index (χ1v) is 6.47. The third-order valence-electron chi connectivity index (χ3n) is 2.04. The summed E-state index contributed by atoms with van der Waals surface area (Å²) in [5.41, 5.74) is 2.66. The van der Waals surface area contributed by atoms with Crippen molar-refractivity contribution >= 4 is 11.8 Å². The van der Waals surface area contributed by atoms with E-state index in [4.69, 9.17) is 0 Å². The normalized spacial score (nSPS) is 10.2. The van der Waals surface area contributed by atoms with E-state index in [1.54, 1.807) is 0 Å². The average Bonchev–Trinajstić information content (AvgIpc) is 2.28. The van der Waals surface area contributed by atoms with E-state index in [0.717, 1.165) is 24.6 Å². The molecule has 0 unspecified atom stereocenters. The van der Waals surface area contributed by atoms with Gasteiger partial charge in [0.1, 0.15) is 0 Å². The molecule has 0 heterocycles. The minimum absolute atomic E-state index is 0.943. The number of hydrogen-bond acceptors (Lipinski definition) is 2. The molecule has 0 aliphatic heterocycles. The van der Waals surface area contributed by atoms with Crippen molar-refractivity contribution in [2.24, 2.45) is 0 Å². The van der Waals surface area contributed by atoms with Gasteiger partial charge in [-0.25, -0.2) is 0 Å². The Morgan fingerprint density at radius 1 is 1.33 bits per heavy atom. The second kappa shape index (κ2) is 7.55. The lowest BCUT2D eigenvalue weighted by atomic mass is 10.2. The van der Waals surface area contributed by atoms with E-state index in [2.05, 4.69) is 49.2 Å². The van der Waals surface area contributed by atoms with E-state index in [-0.39, 0.29) is 0 Å². The maximum atomic E-state index is 4.04. The van der Waals surface area contributed by atoms with E-state index in [0.29, 0.717) is 0 Å². The molecule has 0 aromatic heterocycles. The Morgan fingerprint density at radius 2 is 2.07 bits per heavy atom. The number of benzene rings is 1. The van der Waals surface area contributed by atoms with Crippen LogP contribution < -0.4 is 5.32 Å². The van der Waals surface area contributed by atoms with Crippen LogP contribution in [0.2, 0.25) is 0 Å². The van der Waals surface area contributed by atoms with Crippen LogP contribution in [0.1, 0.15) is 12.5 Å². The van der Waals surface area contributed by atoms with Crippen molar-refractivity contribution in [2.75, 3.05) is 18.8 Å². The molecule has 0 aliphatic rings. The van der Waals surface area contributed by atoms with Crippen molar-refractivity contribution in [1.29, 1.82) is 0 Å². The van der Waals surface area contributed by atoms with Gasteiger partial charge in [-0.05, 0) is 12.1 Å². The Kier molecular flexibility index (Phi) is 6.21. The Hall–Kier alpha value is -0.730. The first kappa shape index (κ1) is 12.3. The van der Waals surface area contributed by atoms with Crippen LogP contribution in [0.3, 0.4) is 0 Å². The standard InChI is InChI=1S/C13H19NS/c1-3-14-9-12(2)10-15-11-13-7-5-4-6-8-13/h4-8,14H,2-3,9-11H2,1H3. The third-order valence-corrected chi connectivity index (χ3v) is 3.19. The van der Waals surface area contributed by atoms with Crippen LogP contribution >= 0.6 is 11.8 Å². The van der Waals surface area contributed by atoms with E-state index >= 15 is 0 Å². The molecule has 1 nitrogen and oxygen atoms in total. The van der Waals surface area contributed by atoms with Gasteiger partial charge in [0.15, 0.2) is 0 Å². The van der Waals surface area contributed by atoms with Crippen LogP contribution in [0.4, 0.5) is 0 Å². The zero-order chi connectivity index (χ0) is 10.9. The molecule has 2 heteroatoms. The van der Waals surface area contributed by atoms with Gasteiger partial charge < -0.3 is 5.32 Å². The molecule has 1 aromatic carbocycles. The zero-order valence-corrected chi connectivity index (χ0v) is 10.1. The lowest BCUT2D eigenvalue weighted by Gasteiger charge is -2.05. The lowest BCUT2D eigenvalue weighted by molar-refractivity contribution is 0.779. The maximum absolute atomic E-state index is 4.04. The molecule has 1 aromatic rings. The van der Waals surface area contributed by atoms with Crippen molar-refractivity contribution in [2.45, 2.75) is 12.7 Å². The van der Waals surface area contributed by atoms with Crippen LogP contribution in [-0.2, 0) is 5.75 Å². The Bertz CT molecular complexity index is 282. The second-order valence-electron chi connectivity index (χ2n) is 3.51. The largest absolute Gasteiger partial charge is 0.313 e. The minimum atomic E-state index is 0.943. The zero-order valence-electron chi connectivity index (χ0n) is 9.33. The van der Waals surface area contributed by atoms with Crippen molar-refractivity contribution in [3.05, 3.63) is 48.0 Å². The number of likely N-dealkylation sites (N-methyl/N-ethyl adjacent to an activating group) is 1. The highest BCUT2D eigenvalue weighted by atomic mass is 32.2. The number of nitrogens with one attached hydrogen (secondary N) is 1. The highest BCUT2D eigenvalue weighted by molar-refractivity contribution is 7.98. The van der Waals surface area contributed by atoms with Gasteiger partial charge in [-0.1, -0.05) is 49.4 Å². The molecule has 0 radical (unpaired) electrons. The van der Waals surface area contributed by atoms with Crippen molar-refractivity contribution < 1.29 is 0 Å². The number of rotatable bonds is 7. The van der Waals surface area contributed by atoms with E-state index in [1.807, 2.05) is 11.8 Å². The lowest BCUT2D eigenvalue weighted by Crippen LogP contribution is -2.16. The van der Waals surface area contributed by atoms with Crippen molar-refractivity contribution in [3.8, 4) is 0 Å². The van der Waals surface area contributed by atoms with Crippen LogP contribution in [0.15, 0.2) is 42.5 Å².